The molecule has 0 aliphatic carbocycles. The Morgan fingerprint density at radius 2 is 2.25 bits per heavy atom. The molecule has 0 spiro atoms. The van der Waals surface area contributed by atoms with Gasteiger partial charge in [0.15, 0.2) is 14.9 Å². The largest absolute Gasteiger partial charge is 0.390 e. The van der Waals surface area contributed by atoms with Gasteiger partial charge in [0.1, 0.15) is 0 Å². The normalized spacial score (nSPS) is 11.9. The van der Waals surface area contributed by atoms with Gasteiger partial charge in [-0.15, -0.1) is 0 Å². The van der Waals surface area contributed by atoms with Crippen molar-refractivity contribution in [3.63, 3.8) is 0 Å². The molecule has 12 heavy (non-hydrogen) atoms. The van der Waals surface area contributed by atoms with Gasteiger partial charge in [0.25, 0.3) is 0 Å². The van der Waals surface area contributed by atoms with Crippen molar-refractivity contribution in [3.05, 3.63) is 11.8 Å². The molecule has 1 aromatic heterocycles. The van der Waals surface area contributed by atoms with Crippen molar-refractivity contribution < 1.29 is 13.5 Å². The Morgan fingerprint density at radius 1 is 1.67 bits per heavy atom. The van der Waals surface area contributed by atoms with Gasteiger partial charge in [-0.3, -0.25) is 4.68 Å². The number of sulfone groups is 1. The Bertz CT molecular complexity index is 379. The van der Waals surface area contributed by atoms with Crippen LogP contribution in [-0.2, 0) is 23.5 Å². The number of nitrogens with zero attached hydrogens (tertiary/aromatic N) is 2. The second kappa shape index (κ2) is 2.87. The molecule has 1 aromatic rings. The first-order valence-electron chi connectivity index (χ1n) is 3.29. The van der Waals surface area contributed by atoms with E-state index < -0.39 is 9.84 Å². The third-order valence-electron chi connectivity index (χ3n) is 1.43. The highest BCUT2D eigenvalue weighted by atomic mass is 32.2. The van der Waals surface area contributed by atoms with Gasteiger partial charge >= 0.3 is 0 Å². The van der Waals surface area contributed by atoms with Crippen molar-refractivity contribution in [2.75, 3.05) is 6.26 Å². The van der Waals surface area contributed by atoms with E-state index in [2.05, 4.69) is 5.10 Å². The zero-order chi connectivity index (χ0) is 9.35. The lowest BCUT2D eigenvalue weighted by molar-refractivity contribution is 0.275. The first-order chi connectivity index (χ1) is 5.45. The van der Waals surface area contributed by atoms with Crippen molar-refractivity contribution in [2.45, 2.75) is 11.6 Å². The smallest absolute Gasteiger partial charge is 0.192 e. The van der Waals surface area contributed by atoms with Crippen molar-refractivity contribution in [2.24, 2.45) is 7.05 Å². The quantitative estimate of drug-likeness (QED) is 0.670. The summed E-state index contributed by atoms with van der Waals surface area (Å²) in [5.41, 5.74) is 0.359. The van der Waals surface area contributed by atoms with Gasteiger partial charge in [-0.1, -0.05) is 0 Å². The maximum Gasteiger partial charge on any atom is 0.192 e. The molecule has 0 saturated heterocycles. The van der Waals surface area contributed by atoms with Gasteiger partial charge in [-0.05, 0) is 0 Å². The van der Waals surface area contributed by atoms with Crippen LogP contribution in [0, 0.1) is 0 Å². The highest BCUT2D eigenvalue weighted by Crippen LogP contribution is 2.09. The third kappa shape index (κ3) is 1.64. The number of aromatic nitrogens is 2. The number of hydrogen-bond donors (Lipinski definition) is 1. The monoisotopic (exact) mass is 190 g/mol. The van der Waals surface area contributed by atoms with Gasteiger partial charge in [0.2, 0.25) is 0 Å². The van der Waals surface area contributed by atoms with Crippen molar-refractivity contribution >= 4 is 9.84 Å². The number of hydrogen-bond acceptors (Lipinski definition) is 4. The molecule has 68 valence electrons. The first kappa shape index (κ1) is 9.21. The predicted octanol–water partition coefficient (Wildman–Crippen LogP) is -0.684. The van der Waals surface area contributed by atoms with E-state index in [1.165, 1.54) is 17.8 Å². The number of aryl methyl sites for hydroxylation is 1. The molecule has 0 aliphatic rings. The number of aliphatic hydroxyl groups is 1. The van der Waals surface area contributed by atoms with E-state index in [9.17, 15) is 8.42 Å². The summed E-state index contributed by atoms with van der Waals surface area (Å²) in [5.74, 6) is 0. The predicted molar refractivity (Wildman–Crippen MR) is 42.2 cm³/mol. The van der Waals surface area contributed by atoms with Crippen LogP contribution in [0.1, 0.15) is 5.69 Å². The van der Waals surface area contributed by atoms with Crippen LogP contribution in [0.15, 0.2) is 11.1 Å². The fourth-order valence-electron chi connectivity index (χ4n) is 0.931. The Kier molecular flexibility index (Phi) is 2.20. The topological polar surface area (TPSA) is 72.2 Å². The van der Waals surface area contributed by atoms with Gasteiger partial charge in [-0.2, -0.15) is 5.10 Å². The highest BCUT2D eigenvalue weighted by Gasteiger charge is 2.13. The molecule has 6 heteroatoms. The second-order valence-electron chi connectivity index (χ2n) is 2.53. The van der Waals surface area contributed by atoms with Crippen LogP contribution >= 0.6 is 0 Å². The fourth-order valence-corrected chi connectivity index (χ4v) is 1.80. The average Bonchev–Trinajstić information content (AvgIpc) is 2.29. The summed E-state index contributed by atoms with van der Waals surface area (Å²) in [7, 11) is -1.71. The molecule has 0 atom stereocenters. The molecule has 0 amide bonds. The minimum atomic E-state index is -3.23. The molecule has 0 fully saturated rings. The first-order valence-corrected chi connectivity index (χ1v) is 5.18. The van der Waals surface area contributed by atoms with E-state index in [1.807, 2.05) is 0 Å². The molecule has 0 unspecified atom stereocenters. The van der Waals surface area contributed by atoms with Crippen LogP contribution in [0.25, 0.3) is 0 Å². The summed E-state index contributed by atoms with van der Waals surface area (Å²) >= 11 is 0. The molecule has 5 nitrogen and oxygen atoms in total. The van der Waals surface area contributed by atoms with Gasteiger partial charge in [0, 0.05) is 19.4 Å². The lowest BCUT2D eigenvalue weighted by Gasteiger charge is -1.95. The van der Waals surface area contributed by atoms with Crippen LogP contribution in [0.4, 0.5) is 0 Å². The van der Waals surface area contributed by atoms with Crippen LogP contribution in [0.5, 0.6) is 0 Å². The lowest BCUT2D eigenvalue weighted by Crippen LogP contribution is -2.04. The zero-order valence-corrected chi connectivity index (χ0v) is 7.67. The summed E-state index contributed by atoms with van der Waals surface area (Å²) in [5, 5.41) is 12.6. The minimum absolute atomic E-state index is 0.117. The van der Waals surface area contributed by atoms with Gasteiger partial charge < -0.3 is 5.11 Å². The van der Waals surface area contributed by atoms with Gasteiger partial charge in [0.05, 0.1) is 12.3 Å². The summed E-state index contributed by atoms with van der Waals surface area (Å²) in [6, 6.07) is 1.36. The lowest BCUT2D eigenvalue weighted by atomic mass is 10.5. The zero-order valence-electron chi connectivity index (χ0n) is 6.85. The van der Waals surface area contributed by atoms with Crippen LogP contribution in [0.3, 0.4) is 0 Å². The van der Waals surface area contributed by atoms with E-state index in [-0.39, 0.29) is 11.6 Å². The van der Waals surface area contributed by atoms with E-state index in [1.54, 1.807) is 0 Å². The average molecular weight is 190 g/mol. The van der Waals surface area contributed by atoms with Crippen LogP contribution in [0.2, 0.25) is 0 Å². The van der Waals surface area contributed by atoms with Crippen LogP contribution < -0.4 is 0 Å². The summed E-state index contributed by atoms with van der Waals surface area (Å²) < 4.78 is 23.3. The number of aliphatic hydroxyl groups excluding tert-OH is 1. The second-order valence-corrected chi connectivity index (χ2v) is 4.49. The molecule has 0 radical (unpaired) electrons. The van der Waals surface area contributed by atoms with Gasteiger partial charge in [-0.25, -0.2) is 8.42 Å². The molecule has 0 aromatic carbocycles. The molecular weight excluding hydrogens is 180 g/mol. The maximum absolute atomic E-state index is 11.0. The fraction of sp³-hybridized carbons (Fsp3) is 0.500. The molecule has 0 bridgehead atoms. The molecule has 1 heterocycles. The molecular formula is C6H10N2O3S. The SMILES string of the molecule is Cn1nc(CO)cc1S(C)(=O)=O. The highest BCUT2D eigenvalue weighted by molar-refractivity contribution is 7.90. The van der Waals surface area contributed by atoms with E-state index >= 15 is 0 Å². The van der Waals surface area contributed by atoms with E-state index in [0.717, 1.165) is 6.26 Å². The Balaban J connectivity index is 3.27. The van der Waals surface area contributed by atoms with Crippen LogP contribution in [-0.4, -0.2) is 29.6 Å². The van der Waals surface area contributed by atoms with Crippen molar-refractivity contribution in [3.8, 4) is 0 Å². The minimum Gasteiger partial charge on any atom is -0.390 e. The Morgan fingerprint density at radius 3 is 2.50 bits per heavy atom. The molecule has 0 aliphatic heterocycles. The summed E-state index contributed by atoms with van der Waals surface area (Å²) in [6.07, 6.45) is 1.10. The maximum atomic E-state index is 11.0. The third-order valence-corrected chi connectivity index (χ3v) is 2.57. The number of rotatable bonds is 2. The Hall–Kier alpha value is -0.880. The van der Waals surface area contributed by atoms with E-state index in [4.69, 9.17) is 5.11 Å². The molecule has 0 saturated carbocycles. The standard InChI is InChI=1S/C6H10N2O3S/c1-8-6(12(2,10)11)3-5(4-9)7-8/h3,9H,4H2,1-2H3. The van der Waals surface area contributed by atoms with Crippen molar-refractivity contribution in [1.82, 2.24) is 9.78 Å². The Labute approximate surface area is 70.6 Å². The van der Waals surface area contributed by atoms with E-state index in [0.29, 0.717) is 5.69 Å². The summed E-state index contributed by atoms with van der Waals surface area (Å²) in [4.78, 5) is 0. The molecule has 1 N–H and O–H groups in total. The molecule has 1 rings (SSSR count). The van der Waals surface area contributed by atoms with Crippen molar-refractivity contribution in [1.29, 1.82) is 0 Å². The summed E-state index contributed by atoms with van der Waals surface area (Å²) in [6.45, 7) is -0.247.